The van der Waals surface area contributed by atoms with Crippen molar-refractivity contribution < 1.29 is 17.9 Å². The predicted molar refractivity (Wildman–Crippen MR) is 83.7 cm³/mol. The predicted octanol–water partition coefficient (Wildman–Crippen LogP) is 3.99. The minimum Gasteiger partial charge on any atom is -0.406 e. The quantitative estimate of drug-likeness (QED) is 0.848. The van der Waals surface area contributed by atoms with Crippen LogP contribution in [0.4, 0.5) is 13.2 Å². The van der Waals surface area contributed by atoms with Crippen LogP contribution in [0.3, 0.4) is 0 Å². The van der Waals surface area contributed by atoms with Crippen LogP contribution in [0.2, 0.25) is 0 Å². The molecule has 3 heterocycles. The molecule has 2 aliphatic rings. The Morgan fingerprint density at radius 1 is 1.08 bits per heavy atom. The van der Waals surface area contributed by atoms with Gasteiger partial charge in [0.1, 0.15) is 5.75 Å². The topological polar surface area (TPSA) is 25.4 Å². The van der Waals surface area contributed by atoms with E-state index >= 15 is 0 Å². The molecule has 0 saturated carbocycles. The van der Waals surface area contributed by atoms with Crippen LogP contribution in [0.5, 0.6) is 5.75 Å². The zero-order chi connectivity index (χ0) is 16.8. The van der Waals surface area contributed by atoms with E-state index in [2.05, 4.69) is 20.7 Å². The second-order valence-electron chi connectivity index (χ2n) is 6.56. The first kappa shape index (κ1) is 15.4. The molecule has 4 rings (SSSR count). The lowest BCUT2D eigenvalue weighted by Gasteiger charge is -2.25. The van der Waals surface area contributed by atoms with E-state index in [1.54, 1.807) is 6.07 Å². The third-order valence-electron chi connectivity index (χ3n) is 5.08. The number of ether oxygens (including phenoxy) is 1. The summed E-state index contributed by atoms with van der Waals surface area (Å²) in [7, 11) is 0. The van der Waals surface area contributed by atoms with Crippen molar-refractivity contribution in [2.24, 2.45) is 0 Å². The molecule has 0 atom stereocenters. The number of alkyl halides is 3. The molecule has 1 aromatic heterocycles. The second-order valence-corrected chi connectivity index (χ2v) is 6.56. The molecule has 0 aliphatic carbocycles. The fraction of sp³-hybridized carbons (Fsp3) is 0.389. The van der Waals surface area contributed by atoms with Crippen LogP contribution >= 0.6 is 0 Å². The zero-order valence-corrected chi connectivity index (χ0v) is 13.0. The van der Waals surface area contributed by atoms with E-state index in [1.165, 1.54) is 23.8 Å². The maximum atomic E-state index is 12.3. The Balaban J connectivity index is 1.58. The summed E-state index contributed by atoms with van der Waals surface area (Å²) in [6.45, 7) is 3.36. The zero-order valence-electron chi connectivity index (χ0n) is 13.0. The molecular formula is C18H17F3N2O. The summed E-state index contributed by atoms with van der Waals surface area (Å²) in [6, 6.07) is 9.87. The van der Waals surface area contributed by atoms with Gasteiger partial charge >= 0.3 is 6.36 Å². The van der Waals surface area contributed by atoms with Gasteiger partial charge < -0.3 is 9.64 Å². The molecule has 0 N–H and O–H groups in total. The van der Waals surface area contributed by atoms with Crippen LogP contribution in [0, 0.1) is 0 Å². The van der Waals surface area contributed by atoms with E-state index in [9.17, 15) is 13.2 Å². The smallest absolute Gasteiger partial charge is 0.406 e. The molecule has 6 heteroatoms. The average Bonchev–Trinajstić information content (AvgIpc) is 3.16. The summed E-state index contributed by atoms with van der Waals surface area (Å²) >= 11 is 0. The van der Waals surface area contributed by atoms with E-state index in [4.69, 9.17) is 0 Å². The normalized spacial score (nSPS) is 25.9. The number of halogens is 3. The van der Waals surface area contributed by atoms with Gasteiger partial charge in [0.25, 0.3) is 0 Å². The molecule has 0 amide bonds. The Hall–Kier alpha value is -2.08. The molecular weight excluding hydrogens is 317 g/mol. The van der Waals surface area contributed by atoms with Crippen LogP contribution in [-0.2, 0) is 5.41 Å². The lowest BCUT2D eigenvalue weighted by molar-refractivity contribution is -0.274. The Morgan fingerprint density at radius 3 is 2.46 bits per heavy atom. The summed E-state index contributed by atoms with van der Waals surface area (Å²) in [5.74, 6) is -0.230. The van der Waals surface area contributed by atoms with Crippen molar-refractivity contribution in [1.82, 2.24) is 9.88 Å². The van der Waals surface area contributed by atoms with Crippen LogP contribution in [0.1, 0.15) is 18.4 Å². The Morgan fingerprint density at radius 2 is 1.88 bits per heavy atom. The molecule has 1 aromatic carbocycles. The van der Waals surface area contributed by atoms with Crippen LogP contribution in [0.25, 0.3) is 11.3 Å². The number of nitrogens with zero attached hydrogens (tertiary/aromatic N) is 2. The van der Waals surface area contributed by atoms with E-state index in [0.717, 1.165) is 32.5 Å². The van der Waals surface area contributed by atoms with Crippen molar-refractivity contribution in [3.63, 3.8) is 0 Å². The summed E-state index contributed by atoms with van der Waals surface area (Å²) in [5, 5.41) is 0. The van der Waals surface area contributed by atoms with Crippen LogP contribution < -0.4 is 4.74 Å². The summed E-state index contributed by atoms with van der Waals surface area (Å²) in [5.41, 5.74) is 2.71. The molecule has 126 valence electrons. The average molecular weight is 334 g/mol. The number of pyridine rings is 1. The lowest BCUT2D eigenvalue weighted by Crippen LogP contribution is -2.24. The highest BCUT2D eigenvalue weighted by molar-refractivity contribution is 5.61. The monoisotopic (exact) mass is 334 g/mol. The number of benzene rings is 1. The van der Waals surface area contributed by atoms with Crippen molar-refractivity contribution >= 4 is 0 Å². The van der Waals surface area contributed by atoms with Crippen molar-refractivity contribution in [3.8, 4) is 17.0 Å². The minimum atomic E-state index is -4.69. The molecule has 2 bridgehead atoms. The third kappa shape index (κ3) is 2.86. The number of hydrogen-bond donors (Lipinski definition) is 0. The first-order valence-electron chi connectivity index (χ1n) is 7.99. The lowest BCUT2D eigenvalue weighted by atomic mass is 9.78. The van der Waals surface area contributed by atoms with Gasteiger partial charge in [-0.2, -0.15) is 0 Å². The van der Waals surface area contributed by atoms with Crippen LogP contribution in [0.15, 0.2) is 42.6 Å². The van der Waals surface area contributed by atoms with Gasteiger partial charge in [-0.1, -0.05) is 18.2 Å². The van der Waals surface area contributed by atoms with Crippen molar-refractivity contribution in [2.75, 3.05) is 19.6 Å². The highest BCUT2D eigenvalue weighted by atomic mass is 19.4. The SMILES string of the molecule is FC(F)(F)Oc1cccc(-c2ccc(C34CCN(CC3)C4)cn2)c1. The number of hydrogen-bond acceptors (Lipinski definition) is 3. The first-order valence-corrected chi connectivity index (χ1v) is 7.99. The second kappa shape index (κ2) is 5.48. The fourth-order valence-electron chi connectivity index (χ4n) is 3.84. The van der Waals surface area contributed by atoms with Crippen molar-refractivity contribution in [1.29, 1.82) is 0 Å². The summed E-state index contributed by atoms with van der Waals surface area (Å²) in [4.78, 5) is 6.95. The van der Waals surface area contributed by atoms with Gasteiger partial charge in [0.2, 0.25) is 0 Å². The molecule has 2 saturated heterocycles. The largest absolute Gasteiger partial charge is 0.573 e. The van der Waals surface area contributed by atoms with Gasteiger partial charge in [-0.3, -0.25) is 4.98 Å². The van der Waals surface area contributed by atoms with Crippen molar-refractivity contribution in [2.45, 2.75) is 24.6 Å². The third-order valence-corrected chi connectivity index (χ3v) is 5.08. The molecule has 2 aliphatic heterocycles. The number of aromatic nitrogens is 1. The van der Waals surface area contributed by atoms with Crippen molar-refractivity contribution in [3.05, 3.63) is 48.2 Å². The standard InChI is InChI=1S/C18H17F3N2O/c19-18(20,21)24-15-3-1-2-13(10-15)16-5-4-14(11-22-16)17-6-8-23(12-17)9-7-17/h1-5,10-11H,6-9,12H2. The Bertz CT molecular complexity index is 735. The van der Waals surface area contributed by atoms with Gasteiger partial charge in [0.05, 0.1) is 5.69 Å². The minimum absolute atomic E-state index is 0.215. The molecule has 0 unspecified atom stereocenters. The maximum absolute atomic E-state index is 12.3. The fourth-order valence-corrected chi connectivity index (χ4v) is 3.84. The van der Waals surface area contributed by atoms with Gasteiger partial charge in [-0.15, -0.1) is 13.2 Å². The Labute approximate surface area is 138 Å². The molecule has 2 aromatic rings. The molecule has 0 spiro atoms. The van der Waals surface area contributed by atoms with E-state index in [0.29, 0.717) is 11.3 Å². The molecule has 24 heavy (non-hydrogen) atoms. The highest BCUT2D eigenvalue weighted by Gasteiger charge is 2.44. The van der Waals surface area contributed by atoms with Crippen LogP contribution in [-0.4, -0.2) is 35.9 Å². The number of fused-ring (bicyclic) bond motifs is 2. The highest BCUT2D eigenvalue weighted by Crippen LogP contribution is 2.43. The first-order chi connectivity index (χ1) is 11.4. The number of rotatable bonds is 3. The Kier molecular flexibility index (Phi) is 3.53. The van der Waals surface area contributed by atoms with E-state index in [1.807, 2.05) is 12.3 Å². The maximum Gasteiger partial charge on any atom is 0.573 e. The van der Waals surface area contributed by atoms with Gasteiger partial charge in [-0.05, 0) is 49.7 Å². The van der Waals surface area contributed by atoms with Gasteiger partial charge in [0, 0.05) is 23.7 Å². The van der Waals surface area contributed by atoms with E-state index < -0.39 is 6.36 Å². The van der Waals surface area contributed by atoms with E-state index in [-0.39, 0.29) is 11.2 Å². The number of piperidine rings is 1. The molecule has 0 radical (unpaired) electrons. The van der Waals surface area contributed by atoms with Gasteiger partial charge in [-0.25, -0.2) is 0 Å². The molecule has 2 fully saturated rings. The molecule has 3 nitrogen and oxygen atoms in total. The summed E-state index contributed by atoms with van der Waals surface area (Å²) < 4.78 is 41.0. The summed E-state index contributed by atoms with van der Waals surface area (Å²) in [6.07, 6.45) is -0.501. The van der Waals surface area contributed by atoms with Gasteiger partial charge in [0.15, 0.2) is 0 Å².